The van der Waals surface area contributed by atoms with Gasteiger partial charge in [0.25, 0.3) is 0 Å². The summed E-state index contributed by atoms with van der Waals surface area (Å²) >= 11 is 1.74. The molecule has 1 fully saturated rings. The third-order valence-electron chi connectivity index (χ3n) is 6.38. The lowest BCUT2D eigenvalue weighted by molar-refractivity contribution is -0.0396. The fourth-order valence-electron chi connectivity index (χ4n) is 4.90. The molecule has 3 aromatic rings. The fraction of sp³-hybridized carbons (Fsp3) is 0.625. The van der Waals surface area contributed by atoms with E-state index in [2.05, 4.69) is 37.5 Å². The van der Waals surface area contributed by atoms with E-state index in [1.54, 1.807) is 17.7 Å². The van der Waals surface area contributed by atoms with Gasteiger partial charge in [0, 0.05) is 43.5 Å². The van der Waals surface area contributed by atoms with Crippen LogP contribution in [0.3, 0.4) is 0 Å². The highest BCUT2D eigenvalue weighted by molar-refractivity contribution is 7.26. The normalized spacial score (nSPS) is 18.3. The van der Waals surface area contributed by atoms with Gasteiger partial charge in [-0.15, -0.1) is 11.3 Å². The van der Waals surface area contributed by atoms with E-state index in [4.69, 9.17) is 24.4 Å². The predicted octanol–water partition coefficient (Wildman–Crippen LogP) is 4.55. The van der Waals surface area contributed by atoms with Crippen molar-refractivity contribution in [3.8, 4) is 0 Å². The molecule has 8 heteroatoms. The Morgan fingerprint density at radius 2 is 1.84 bits per heavy atom. The Kier molecular flexibility index (Phi) is 5.94. The van der Waals surface area contributed by atoms with Crippen LogP contribution in [-0.2, 0) is 22.5 Å². The Morgan fingerprint density at radius 1 is 1.09 bits per heavy atom. The molecule has 0 unspecified atom stereocenters. The van der Waals surface area contributed by atoms with E-state index < -0.39 is 0 Å². The van der Waals surface area contributed by atoms with Crippen LogP contribution in [0.4, 0.5) is 11.6 Å². The maximum absolute atomic E-state index is 6.25. The first-order chi connectivity index (χ1) is 15.5. The van der Waals surface area contributed by atoms with Crippen molar-refractivity contribution in [3.63, 3.8) is 0 Å². The van der Waals surface area contributed by atoms with Crippen molar-refractivity contribution in [1.82, 2.24) is 15.0 Å². The minimum atomic E-state index is -0.204. The molecule has 0 radical (unpaired) electrons. The first-order valence-electron chi connectivity index (χ1n) is 11.8. The molecule has 3 aromatic heterocycles. The highest BCUT2D eigenvalue weighted by Crippen LogP contribution is 2.44. The number of fused-ring (bicyclic) bond motifs is 5. The first-order valence-corrected chi connectivity index (χ1v) is 12.6. The average molecular weight is 456 g/mol. The number of hydrogen-bond acceptors (Lipinski definition) is 8. The van der Waals surface area contributed by atoms with E-state index in [0.717, 1.165) is 85.3 Å². The van der Waals surface area contributed by atoms with Gasteiger partial charge < -0.3 is 19.3 Å². The molecule has 32 heavy (non-hydrogen) atoms. The number of ether oxygens (including phenoxy) is 2. The summed E-state index contributed by atoms with van der Waals surface area (Å²) in [5.74, 6) is 2.11. The average Bonchev–Trinajstić information content (AvgIpc) is 3.17. The second-order valence-corrected chi connectivity index (χ2v) is 10.4. The third kappa shape index (κ3) is 3.82. The fourth-order valence-corrected chi connectivity index (χ4v) is 6.07. The standard InChI is InChI=1S/C24H33N5O2S/c1-5-7-28(8-6-2)22-20-19(25-15-26-22)18-16-13-24(3,4)31-14-17(16)21(27-23(18)32-20)29-9-11-30-12-10-29/h15H,5-14H2,1-4H3. The van der Waals surface area contributed by atoms with Crippen molar-refractivity contribution >= 4 is 43.4 Å². The topological polar surface area (TPSA) is 63.6 Å². The SMILES string of the molecule is CCCN(CCC)c1ncnc2c1sc1nc(N3CCOCC3)c3c(c12)CC(C)(C)OC3. The Labute approximate surface area is 193 Å². The molecule has 0 aliphatic carbocycles. The molecule has 5 rings (SSSR count). The van der Waals surface area contributed by atoms with Crippen LogP contribution in [0.5, 0.6) is 0 Å². The second-order valence-electron chi connectivity index (χ2n) is 9.36. The van der Waals surface area contributed by atoms with Gasteiger partial charge in [0.05, 0.1) is 35.6 Å². The summed E-state index contributed by atoms with van der Waals surface area (Å²) < 4.78 is 13.0. The van der Waals surface area contributed by atoms with Gasteiger partial charge in [-0.3, -0.25) is 0 Å². The lowest BCUT2D eigenvalue weighted by Crippen LogP contribution is -2.39. The lowest BCUT2D eigenvalue weighted by atomic mass is 9.90. The van der Waals surface area contributed by atoms with Gasteiger partial charge in [0.1, 0.15) is 22.8 Å². The van der Waals surface area contributed by atoms with Crippen LogP contribution in [0.15, 0.2) is 6.33 Å². The molecule has 7 nitrogen and oxygen atoms in total. The van der Waals surface area contributed by atoms with E-state index in [0.29, 0.717) is 6.61 Å². The molecule has 0 atom stereocenters. The molecule has 2 aliphatic heterocycles. The molecule has 0 N–H and O–H groups in total. The Morgan fingerprint density at radius 3 is 2.56 bits per heavy atom. The van der Waals surface area contributed by atoms with Crippen molar-refractivity contribution in [2.75, 3.05) is 49.2 Å². The largest absolute Gasteiger partial charge is 0.378 e. The second kappa shape index (κ2) is 8.72. The van der Waals surface area contributed by atoms with Gasteiger partial charge in [0.2, 0.25) is 0 Å². The number of anilines is 2. The maximum atomic E-state index is 6.25. The van der Waals surface area contributed by atoms with Crippen LogP contribution in [-0.4, -0.2) is 59.9 Å². The highest BCUT2D eigenvalue weighted by Gasteiger charge is 2.33. The zero-order valence-corrected chi connectivity index (χ0v) is 20.4. The summed E-state index contributed by atoms with van der Waals surface area (Å²) in [6.07, 6.45) is 4.78. The van der Waals surface area contributed by atoms with E-state index in [1.807, 2.05) is 0 Å². The Hall–Kier alpha value is -2.03. The molecule has 0 aromatic carbocycles. The summed E-state index contributed by atoms with van der Waals surface area (Å²) in [4.78, 5) is 20.6. The van der Waals surface area contributed by atoms with E-state index in [1.165, 1.54) is 16.5 Å². The van der Waals surface area contributed by atoms with Gasteiger partial charge in [-0.25, -0.2) is 15.0 Å². The van der Waals surface area contributed by atoms with E-state index >= 15 is 0 Å². The first kappa shape index (κ1) is 21.8. The van der Waals surface area contributed by atoms with Crippen molar-refractivity contribution < 1.29 is 9.47 Å². The number of rotatable bonds is 6. The molecule has 0 spiro atoms. The number of pyridine rings is 1. The molecule has 0 amide bonds. The monoisotopic (exact) mass is 455 g/mol. The summed E-state index contributed by atoms with van der Waals surface area (Å²) in [5, 5.41) is 1.20. The van der Waals surface area contributed by atoms with Gasteiger partial charge >= 0.3 is 0 Å². The summed E-state index contributed by atoms with van der Waals surface area (Å²) in [5.41, 5.74) is 3.41. The maximum Gasteiger partial charge on any atom is 0.150 e. The molecule has 5 heterocycles. The van der Waals surface area contributed by atoms with Gasteiger partial charge in [-0.05, 0) is 32.3 Å². The zero-order valence-electron chi connectivity index (χ0n) is 19.6. The lowest BCUT2D eigenvalue weighted by Gasteiger charge is -2.36. The summed E-state index contributed by atoms with van der Waals surface area (Å²) in [7, 11) is 0. The van der Waals surface area contributed by atoms with E-state index in [-0.39, 0.29) is 5.60 Å². The van der Waals surface area contributed by atoms with Gasteiger partial charge in [-0.2, -0.15) is 0 Å². The molecule has 0 bridgehead atoms. The number of nitrogens with zero attached hydrogens (tertiary/aromatic N) is 5. The molecular weight excluding hydrogens is 422 g/mol. The molecule has 0 saturated carbocycles. The quantitative estimate of drug-likeness (QED) is 0.540. The van der Waals surface area contributed by atoms with Crippen molar-refractivity contribution in [2.24, 2.45) is 0 Å². The number of morpholine rings is 1. The number of thiophene rings is 1. The molecule has 1 saturated heterocycles. The van der Waals surface area contributed by atoms with Crippen molar-refractivity contribution in [1.29, 1.82) is 0 Å². The highest BCUT2D eigenvalue weighted by atomic mass is 32.1. The van der Waals surface area contributed by atoms with Crippen LogP contribution >= 0.6 is 11.3 Å². The van der Waals surface area contributed by atoms with Crippen LogP contribution in [0, 0.1) is 0 Å². The Balaban J connectivity index is 1.75. The van der Waals surface area contributed by atoms with E-state index in [9.17, 15) is 0 Å². The van der Waals surface area contributed by atoms with Crippen molar-refractivity contribution in [2.45, 2.75) is 59.2 Å². The van der Waals surface area contributed by atoms with Gasteiger partial charge in [-0.1, -0.05) is 13.8 Å². The van der Waals surface area contributed by atoms with Gasteiger partial charge in [0.15, 0.2) is 0 Å². The Bertz CT molecular complexity index is 1120. The van der Waals surface area contributed by atoms with Crippen LogP contribution in [0.1, 0.15) is 51.7 Å². The molecule has 172 valence electrons. The number of hydrogen-bond donors (Lipinski definition) is 0. The molecule has 2 aliphatic rings. The summed E-state index contributed by atoms with van der Waals surface area (Å²) in [6, 6.07) is 0. The molecular formula is C24H33N5O2S. The number of aromatic nitrogens is 3. The van der Waals surface area contributed by atoms with Crippen LogP contribution < -0.4 is 9.80 Å². The minimum Gasteiger partial charge on any atom is -0.378 e. The predicted molar refractivity (Wildman–Crippen MR) is 131 cm³/mol. The smallest absolute Gasteiger partial charge is 0.150 e. The zero-order chi connectivity index (χ0) is 22.3. The third-order valence-corrected chi connectivity index (χ3v) is 7.45. The summed E-state index contributed by atoms with van der Waals surface area (Å²) in [6.45, 7) is 14.6. The minimum absolute atomic E-state index is 0.204. The van der Waals surface area contributed by atoms with Crippen LogP contribution in [0.2, 0.25) is 0 Å². The van der Waals surface area contributed by atoms with Crippen LogP contribution in [0.25, 0.3) is 20.4 Å². The van der Waals surface area contributed by atoms with Crippen molar-refractivity contribution in [3.05, 3.63) is 17.5 Å².